The van der Waals surface area contributed by atoms with Gasteiger partial charge in [0.15, 0.2) is 18.1 Å². The second kappa shape index (κ2) is 15.8. The quantitative estimate of drug-likeness (QED) is 0.189. The van der Waals surface area contributed by atoms with Crippen LogP contribution in [0, 0.1) is 0 Å². The van der Waals surface area contributed by atoms with Gasteiger partial charge in [0.05, 0.1) is 44.2 Å². The van der Waals surface area contributed by atoms with Gasteiger partial charge in [-0.25, -0.2) is 13.8 Å². The van der Waals surface area contributed by atoms with E-state index in [9.17, 15) is 18.0 Å². The van der Waals surface area contributed by atoms with Crippen molar-refractivity contribution in [2.24, 2.45) is 5.10 Å². The lowest BCUT2D eigenvalue weighted by atomic mass is 10.2. The number of hydrogen-bond acceptors (Lipinski definition) is 10. The Labute approximate surface area is 262 Å². The molecule has 45 heavy (non-hydrogen) atoms. The number of hydrazone groups is 1. The van der Waals surface area contributed by atoms with E-state index in [-0.39, 0.29) is 35.0 Å². The molecule has 1 fully saturated rings. The first-order valence-corrected chi connectivity index (χ1v) is 15.5. The highest BCUT2D eigenvalue weighted by molar-refractivity contribution is 7.92. The number of hydrogen-bond donors (Lipinski definition) is 2. The lowest BCUT2D eigenvalue weighted by Gasteiger charge is -2.24. The first-order chi connectivity index (χ1) is 21.7. The zero-order valence-corrected chi connectivity index (χ0v) is 26.0. The Balaban J connectivity index is 1.38. The zero-order chi connectivity index (χ0) is 32.2. The van der Waals surface area contributed by atoms with E-state index in [4.69, 9.17) is 23.7 Å². The van der Waals surface area contributed by atoms with Crippen molar-refractivity contribution in [3.63, 3.8) is 0 Å². The number of nitrogens with zero attached hydrogens (tertiary/aromatic N) is 2. The van der Waals surface area contributed by atoms with Crippen LogP contribution in [-0.2, 0) is 24.3 Å². The number of sulfonamides is 1. The molecule has 1 aliphatic rings. The fourth-order valence-electron chi connectivity index (χ4n) is 4.40. The molecule has 240 valence electrons. The van der Waals surface area contributed by atoms with Crippen molar-refractivity contribution in [3.8, 4) is 23.0 Å². The fourth-order valence-corrected chi connectivity index (χ4v) is 5.83. The summed E-state index contributed by atoms with van der Waals surface area (Å²) in [4.78, 5) is 24.8. The van der Waals surface area contributed by atoms with Crippen LogP contribution >= 0.6 is 0 Å². The smallest absolute Gasteiger partial charge is 0.264 e. The average Bonchev–Trinajstić information content (AvgIpc) is 3.59. The van der Waals surface area contributed by atoms with E-state index in [1.165, 1.54) is 57.9 Å². The van der Waals surface area contributed by atoms with E-state index >= 15 is 0 Å². The van der Waals surface area contributed by atoms with E-state index in [1.54, 1.807) is 36.4 Å². The Morgan fingerprint density at radius 1 is 0.933 bits per heavy atom. The van der Waals surface area contributed by atoms with Crippen LogP contribution < -0.4 is 34.0 Å². The Hall–Kier alpha value is -4.82. The number of anilines is 1. The summed E-state index contributed by atoms with van der Waals surface area (Å²) >= 11 is 0. The maximum Gasteiger partial charge on any atom is 0.264 e. The standard InChI is InChI=1S/C31H36N4O9S/c1-40-24-12-8-23(9-13-24)35(45(38,39)27-14-15-28(41-2)29(17-27)42-3)20-30(36)34-33-18-22-6-10-25(11-7-22)44-21-31(37)32-19-26-5-4-16-43-26/h6-15,17-18,26H,4-5,16,19-21H2,1-3H3,(H,32,37)(H,34,36)/b33-18+/t26-/m1/s1. The molecule has 2 N–H and O–H groups in total. The van der Waals surface area contributed by atoms with Gasteiger partial charge < -0.3 is 29.0 Å². The number of carbonyl (C=O) groups is 2. The summed E-state index contributed by atoms with van der Waals surface area (Å²) in [6.45, 7) is 0.486. The largest absolute Gasteiger partial charge is 0.497 e. The summed E-state index contributed by atoms with van der Waals surface area (Å²) in [6, 6.07) is 17.1. The van der Waals surface area contributed by atoms with E-state index < -0.39 is 22.5 Å². The molecular formula is C31H36N4O9S. The molecule has 0 unspecified atom stereocenters. The van der Waals surface area contributed by atoms with Gasteiger partial charge in [0.2, 0.25) is 0 Å². The molecule has 0 radical (unpaired) electrons. The molecule has 0 saturated carbocycles. The molecule has 3 aromatic carbocycles. The monoisotopic (exact) mass is 640 g/mol. The van der Waals surface area contributed by atoms with Crippen LogP contribution in [-0.4, -0.2) is 80.2 Å². The van der Waals surface area contributed by atoms with E-state index in [0.29, 0.717) is 29.4 Å². The molecule has 2 amide bonds. The summed E-state index contributed by atoms with van der Waals surface area (Å²) < 4.78 is 55.1. The van der Waals surface area contributed by atoms with Crippen molar-refractivity contribution in [2.75, 3.05) is 51.9 Å². The molecule has 1 heterocycles. The van der Waals surface area contributed by atoms with Gasteiger partial charge in [-0.3, -0.25) is 13.9 Å². The molecule has 14 heteroatoms. The minimum Gasteiger partial charge on any atom is -0.497 e. The van der Waals surface area contributed by atoms with Gasteiger partial charge in [-0.1, -0.05) is 0 Å². The molecule has 0 aliphatic carbocycles. The molecule has 0 spiro atoms. The van der Waals surface area contributed by atoms with Crippen LogP contribution in [0.5, 0.6) is 23.0 Å². The second-order valence-electron chi connectivity index (χ2n) is 9.82. The van der Waals surface area contributed by atoms with Crippen molar-refractivity contribution < 1.29 is 41.7 Å². The number of benzene rings is 3. The van der Waals surface area contributed by atoms with Crippen LogP contribution in [0.3, 0.4) is 0 Å². The first kappa shape index (κ1) is 33.1. The van der Waals surface area contributed by atoms with Crippen LogP contribution in [0.1, 0.15) is 18.4 Å². The fraction of sp³-hybridized carbons (Fsp3) is 0.323. The molecule has 0 bridgehead atoms. The van der Waals surface area contributed by atoms with Crippen molar-refractivity contribution in [2.45, 2.75) is 23.8 Å². The Bertz CT molecular complexity index is 1570. The van der Waals surface area contributed by atoms with Crippen molar-refractivity contribution in [1.82, 2.24) is 10.7 Å². The zero-order valence-electron chi connectivity index (χ0n) is 25.2. The number of rotatable bonds is 15. The highest BCUT2D eigenvalue weighted by Gasteiger charge is 2.28. The number of carbonyl (C=O) groups excluding carboxylic acids is 2. The first-order valence-electron chi connectivity index (χ1n) is 14.1. The Kier molecular flexibility index (Phi) is 11.6. The van der Waals surface area contributed by atoms with Crippen LogP contribution in [0.2, 0.25) is 0 Å². The van der Waals surface area contributed by atoms with E-state index in [0.717, 1.165) is 23.8 Å². The molecule has 4 rings (SSSR count). The molecule has 3 aromatic rings. The van der Waals surface area contributed by atoms with E-state index in [2.05, 4.69) is 15.8 Å². The number of ether oxygens (including phenoxy) is 5. The SMILES string of the molecule is COc1ccc(N(CC(=O)N/N=C/c2ccc(OCC(=O)NC[C@H]3CCCO3)cc2)S(=O)(=O)c2ccc(OC)c(OC)c2)cc1. The van der Waals surface area contributed by atoms with Gasteiger partial charge >= 0.3 is 0 Å². The molecular weight excluding hydrogens is 604 g/mol. The third-order valence-corrected chi connectivity index (χ3v) is 8.56. The van der Waals surface area contributed by atoms with Crippen molar-refractivity contribution >= 4 is 33.7 Å². The third-order valence-electron chi connectivity index (χ3n) is 6.79. The molecule has 0 aromatic heterocycles. The van der Waals surface area contributed by atoms with E-state index in [1.807, 2.05) is 0 Å². The average molecular weight is 641 g/mol. The molecule has 13 nitrogen and oxygen atoms in total. The maximum atomic E-state index is 13.7. The summed E-state index contributed by atoms with van der Waals surface area (Å²) in [7, 11) is 0.100. The predicted molar refractivity (Wildman–Crippen MR) is 167 cm³/mol. The summed E-state index contributed by atoms with van der Waals surface area (Å²) in [5.41, 5.74) is 3.24. The van der Waals surface area contributed by atoms with Gasteiger partial charge in [-0.05, 0) is 79.1 Å². The minimum absolute atomic E-state index is 0.0560. The van der Waals surface area contributed by atoms with Gasteiger partial charge in [0, 0.05) is 19.2 Å². The second-order valence-corrected chi connectivity index (χ2v) is 11.7. The summed E-state index contributed by atoms with van der Waals surface area (Å²) in [6.07, 6.45) is 3.39. The highest BCUT2D eigenvalue weighted by atomic mass is 32.2. The number of nitrogens with one attached hydrogen (secondary N) is 2. The van der Waals surface area contributed by atoms with Gasteiger partial charge in [0.25, 0.3) is 21.8 Å². The Morgan fingerprint density at radius 2 is 1.64 bits per heavy atom. The summed E-state index contributed by atoms with van der Waals surface area (Å²) in [5, 5.41) is 6.76. The van der Waals surface area contributed by atoms with Gasteiger partial charge in [-0.15, -0.1) is 0 Å². The molecule has 1 saturated heterocycles. The predicted octanol–water partition coefficient (Wildman–Crippen LogP) is 2.73. The van der Waals surface area contributed by atoms with Crippen LogP contribution in [0.15, 0.2) is 76.7 Å². The Morgan fingerprint density at radius 3 is 2.29 bits per heavy atom. The van der Waals surface area contributed by atoms with Gasteiger partial charge in [-0.2, -0.15) is 5.10 Å². The van der Waals surface area contributed by atoms with Gasteiger partial charge in [0.1, 0.15) is 18.0 Å². The number of methoxy groups -OCH3 is 3. The number of amides is 2. The highest BCUT2D eigenvalue weighted by Crippen LogP contribution is 2.32. The minimum atomic E-state index is -4.23. The lowest BCUT2D eigenvalue weighted by molar-refractivity contribution is -0.123. The van der Waals surface area contributed by atoms with Crippen LogP contribution in [0.4, 0.5) is 5.69 Å². The topological polar surface area (TPSA) is 154 Å². The normalized spacial score (nSPS) is 14.5. The molecule has 1 aliphatic heterocycles. The summed E-state index contributed by atoms with van der Waals surface area (Å²) in [5.74, 6) is 0.659. The van der Waals surface area contributed by atoms with Crippen LogP contribution in [0.25, 0.3) is 0 Å². The third kappa shape index (κ3) is 9.09. The molecule has 1 atom stereocenters. The van der Waals surface area contributed by atoms with Crippen molar-refractivity contribution in [3.05, 3.63) is 72.3 Å². The lowest BCUT2D eigenvalue weighted by Crippen LogP contribution is -2.39. The maximum absolute atomic E-state index is 13.7. The van der Waals surface area contributed by atoms with Crippen molar-refractivity contribution in [1.29, 1.82) is 0 Å².